The molecule has 1 aromatic rings. The van der Waals surface area contributed by atoms with Crippen molar-refractivity contribution in [2.75, 3.05) is 31.1 Å². The van der Waals surface area contributed by atoms with E-state index in [9.17, 15) is 0 Å². The second kappa shape index (κ2) is 8.81. The maximum absolute atomic E-state index is 5.79. The molecule has 19 heavy (non-hydrogen) atoms. The zero-order chi connectivity index (χ0) is 14.1. The second-order valence-electron chi connectivity index (χ2n) is 4.78. The van der Waals surface area contributed by atoms with Crippen LogP contribution in [0.25, 0.3) is 0 Å². The van der Waals surface area contributed by atoms with E-state index in [2.05, 4.69) is 56.1 Å². The van der Waals surface area contributed by atoms with Crippen LogP contribution in [0.2, 0.25) is 0 Å². The summed E-state index contributed by atoms with van der Waals surface area (Å²) in [5.41, 5.74) is 1.23. The van der Waals surface area contributed by atoms with Crippen molar-refractivity contribution in [1.29, 1.82) is 0 Å². The Kier molecular flexibility index (Phi) is 7.34. The summed E-state index contributed by atoms with van der Waals surface area (Å²) in [6, 6.07) is 8.90. The lowest BCUT2D eigenvalue weighted by atomic mass is 10.2. The van der Waals surface area contributed by atoms with Gasteiger partial charge in [-0.25, -0.2) is 0 Å². The first-order valence-corrected chi connectivity index (χ1v) is 7.42. The highest BCUT2D eigenvalue weighted by Gasteiger charge is 2.03. The fourth-order valence-electron chi connectivity index (χ4n) is 1.98. The lowest BCUT2D eigenvalue weighted by Crippen LogP contribution is -2.29. The number of anilines is 1. The highest BCUT2D eigenvalue weighted by Crippen LogP contribution is 2.20. The predicted molar refractivity (Wildman–Crippen MR) is 83.3 cm³/mol. The van der Waals surface area contributed by atoms with Gasteiger partial charge in [0.2, 0.25) is 0 Å². The molecular weight excluding hydrogens is 236 g/mol. The van der Waals surface area contributed by atoms with Gasteiger partial charge in [-0.1, -0.05) is 13.0 Å². The third kappa shape index (κ3) is 5.52. The van der Waals surface area contributed by atoms with E-state index in [1.165, 1.54) is 5.69 Å². The summed E-state index contributed by atoms with van der Waals surface area (Å²) in [4.78, 5) is 2.32. The van der Waals surface area contributed by atoms with E-state index in [1.54, 1.807) is 0 Å². The topological polar surface area (TPSA) is 24.5 Å². The largest absolute Gasteiger partial charge is 0.492 e. The molecular formula is C16H28N2O. The summed E-state index contributed by atoms with van der Waals surface area (Å²) in [7, 11) is 0. The van der Waals surface area contributed by atoms with Crippen molar-refractivity contribution in [2.45, 2.75) is 40.2 Å². The molecule has 108 valence electrons. The van der Waals surface area contributed by atoms with Crippen LogP contribution in [0.1, 0.15) is 34.1 Å². The van der Waals surface area contributed by atoms with Gasteiger partial charge >= 0.3 is 0 Å². The molecule has 1 N–H and O–H groups in total. The van der Waals surface area contributed by atoms with E-state index in [0.717, 1.165) is 31.8 Å². The number of nitrogens with zero attached hydrogens (tertiary/aromatic N) is 1. The van der Waals surface area contributed by atoms with Gasteiger partial charge in [-0.3, -0.25) is 0 Å². The van der Waals surface area contributed by atoms with Crippen molar-refractivity contribution < 1.29 is 4.74 Å². The third-order valence-corrected chi connectivity index (χ3v) is 3.42. The first-order chi connectivity index (χ1) is 9.21. The highest BCUT2D eigenvalue weighted by molar-refractivity contribution is 5.50. The molecule has 1 rings (SSSR count). The second-order valence-corrected chi connectivity index (χ2v) is 4.78. The predicted octanol–water partition coefficient (Wildman–Crippen LogP) is 3.30. The van der Waals surface area contributed by atoms with E-state index < -0.39 is 0 Å². The van der Waals surface area contributed by atoms with Gasteiger partial charge in [-0.15, -0.1) is 0 Å². The molecule has 0 aromatic heterocycles. The molecule has 0 spiro atoms. The average Bonchev–Trinajstić information content (AvgIpc) is 2.45. The Balaban J connectivity index is 2.44. The number of rotatable bonds is 9. The van der Waals surface area contributed by atoms with Crippen molar-refractivity contribution in [3.63, 3.8) is 0 Å². The van der Waals surface area contributed by atoms with Gasteiger partial charge in [-0.2, -0.15) is 0 Å². The number of ether oxygens (including phenoxy) is 1. The smallest absolute Gasteiger partial charge is 0.121 e. The van der Waals surface area contributed by atoms with Crippen molar-refractivity contribution in [3.05, 3.63) is 24.3 Å². The molecule has 0 aliphatic heterocycles. The molecule has 0 aliphatic carbocycles. The van der Waals surface area contributed by atoms with Crippen LogP contribution in [0.4, 0.5) is 5.69 Å². The molecule has 0 fully saturated rings. The first kappa shape index (κ1) is 15.8. The van der Waals surface area contributed by atoms with Gasteiger partial charge in [0.15, 0.2) is 0 Å². The molecule has 0 saturated carbocycles. The van der Waals surface area contributed by atoms with Crippen molar-refractivity contribution >= 4 is 5.69 Å². The maximum atomic E-state index is 5.79. The van der Waals surface area contributed by atoms with E-state index in [1.807, 2.05) is 6.07 Å². The summed E-state index contributed by atoms with van der Waals surface area (Å²) in [5, 5.41) is 3.43. The minimum Gasteiger partial charge on any atom is -0.492 e. The van der Waals surface area contributed by atoms with Crippen LogP contribution in [0.5, 0.6) is 5.75 Å². The van der Waals surface area contributed by atoms with Gasteiger partial charge in [0.25, 0.3) is 0 Å². The van der Waals surface area contributed by atoms with Gasteiger partial charge in [0.05, 0.1) is 0 Å². The lowest BCUT2D eigenvalue weighted by Gasteiger charge is -2.21. The molecule has 1 unspecified atom stereocenters. The molecule has 0 aliphatic rings. The minimum absolute atomic E-state index is 0.561. The Bertz CT molecular complexity index is 350. The molecule has 1 aromatic carbocycles. The van der Waals surface area contributed by atoms with Crippen molar-refractivity contribution in [2.24, 2.45) is 0 Å². The summed E-state index contributed by atoms with van der Waals surface area (Å²) in [5.74, 6) is 0.954. The highest BCUT2D eigenvalue weighted by atomic mass is 16.5. The molecule has 0 heterocycles. The molecule has 0 amide bonds. The Labute approximate surface area is 118 Å². The zero-order valence-electron chi connectivity index (χ0n) is 12.8. The van der Waals surface area contributed by atoms with Crippen molar-refractivity contribution in [3.8, 4) is 5.75 Å². The maximum Gasteiger partial charge on any atom is 0.121 e. The number of nitrogens with one attached hydrogen (secondary N) is 1. The molecule has 0 bridgehead atoms. The molecule has 1 atom stereocenters. The monoisotopic (exact) mass is 264 g/mol. The van der Waals surface area contributed by atoms with E-state index >= 15 is 0 Å². The van der Waals surface area contributed by atoms with E-state index in [-0.39, 0.29) is 0 Å². The fraction of sp³-hybridized carbons (Fsp3) is 0.625. The first-order valence-electron chi connectivity index (χ1n) is 7.42. The molecule has 3 heteroatoms. The van der Waals surface area contributed by atoms with Crippen LogP contribution in [-0.2, 0) is 0 Å². The molecule has 0 saturated heterocycles. The van der Waals surface area contributed by atoms with Crippen LogP contribution in [0.15, 0.2) is 24.3 Å². The summed E-state index contributed by atoms with van der Waals surface area (Å²) >= 11 is 0. The summed E-state index contributed by atoms with van der Waals surface area (Å²) < 4.78 is 5.79. The van der Waals surface area contributed by atoms with Crippen LogP contribution in [-0.4, -0.2) is 32.3 Å². The van der Waals surface area contributed by atoms with Crippen LogP contribution in [0, 0.1) is 0 Å². The van der Waals surface area contributed by atoms with E-state index in [4.69, 9.17) is 4.74 Å². The Hall–Kier alpha value is -1.22. The Morgan fingerprint density at radius 3 is 2.58 bits per heavy atom. The normalized spacial score (nSPS) is 12.2. The van der Waals surface area contributed by atoms with Crippen LogP contribution in [0.3, 0.4) is 0 Å². The standard InChI is InChI=1S/C16H28N2O/c1-5-14(4)17-11-12-19-16-10-8-9-15(13-16)18(6-2)7-3/h8-10,13-14,17H,5-7,11-12H2,1-4H3. The van der Waals surface area contributed by atoms with Gasteiger partial charge in [0.1, 0.15) is 12.4 Å². The Morgan fingerprint density at radius 1 is 1.21 bits per heavy atom. The van der Waals surface area contributed by atoms with Crippen LogP contribution < -0.4 is 15.0 Å². The van der Waals surface area contributed by atoms with Gasteiger partial charge < -0.3 is 15.0 Å². The third-order valence-electron chi connectivity index (χ3n) is 3.42. The summed E-state index contributed by atoms with van der Waals surface area (Å²) in [6.45, 7) is 12.4. The molecule has 3 nitrogen and oxygen atoms in total. The minimum atomic E-state index is 0.561. The van der Waals surface area contributed by atoms with Gasteiger partial charge in [0, 0.05) is 37.4 Å². The average molecular weight is 264 g/mol. The quantitative estimate of drug-likeness (QED) is 0.693. The number of hydrogen-bond donors (Lipinski definition) is 1. The van der Waals surface area contributed by atoms with Crippen LogP contribution >= 0.6 is 0 Å². The molecule has 0 radical (unpaired) electrons. The van der Waals surface area contributed by atoms with Crippen molar-refractivity contribution in [1.82, 2.24) is 5.32 Å². The zero-order valence-corrected chi connectivity index (χ0v) is 12.8. The number of benzene rings is 1. The number of hydrogen-bond acceptors (Lipinski definition) is 3. The lowest BCUT2D eigenvalue weighted by molar-refractivity contribution is 0.306. The summed E-state index contributed by atoms with van der Waals surface area (Å²) in [6.07, 6.45) is 1.15. The van der Waals surface area contributed by atoms with E-state index in [0.29, 0.717) is 12.6 Å². The fourth-order valence-corrected chi connectivity index (χ4v) is 1.98. The SMILES string of the molecule is CCC(C)NCCOc1cccc(N(CC)CC)c1. The Morgan fingerprint density at radius 2 is 1.95 bits per heavy atom. The van der Waals surface area contributed by atoms with Gasteiger partial charge in [-0.05, 0) is 39.3 Å².